The topological polar surface area (TPSA) is 108 Å². The molecule has 0 spiro atoms. The van der Waals surface area contributed by atoms with Gasteiger partial charge in [0.25, 0.3) is 11.9 Å². The summed E-state index contributed by atoms with van der Waals surface area (Å²) in [4.78, 5) is 22.4. The van der Waals surface area contributed by atoms with Gasteiger partial charge in [0.2, 0.25) is 0 Å². The summed E-state index contributed by atoms with van der Waals surface area (Å²) in [6, 6.07) is 21.1. The van der Waals surface area contributed by atoms with Crippen LogP contribution in [0.1, 0.15) is 40.5 Å². The summed E-state index contributed by atoms with van der Waals surface area (Å²) in [5, 5.41) is 11.6. The number of carbonyl (C=O) groups is 1. The fourth-order valence-electron chi connectivity index (χ4n) is 4.30. The average Bonchev–Trinajstić information content (AvgIpc) is 3.51. The number of rotatable bonds is 8. The predicted octanol–water partition coefficient (Wildman–Crippen LogP) is 4.80. The van der Waals surface area contributed by atoms with Crippen molar-refractivity contribution in [3.63, 3.8) is 0 Å². The first-order valence-corrected chi connectivity index (χ1v) is 12.0. The molecule has 1 N–H and O–H groups in total. The molecule has 1 amide bonds. The number of nitrogens with one attached hydrogen (secondary N) is 1. The molecule has 1 aliphatic rings. The number of hydrogen-bond donors (Lipinski definition) is 1. The molecule has 1 aliphatic carbocycles. The van der Waals surface area contributed by atoms with Crippen molar-refractivity contribution in [3.8, 4) is 34.3 Å². The van der Waals surface area contributed by atoms with E-state index in [1.54, 1.807) is 24.2 Å². The monoisotopic (exact) mass is 492 g/mol. The van der Waals surface area contributed by atoms with Crippen molar-refractivity contribution in [1.29, 1.82) is 0 Å². The van der Waals surface area contributed by atoms with Crippen molar-refractivity contribution < 1.29 is 14.1 Å². The van der Waals surface area contributed by atoms with Crippen LogP contribution in [0, 0.1) is 0 Å². The van der Waals surface area contributed by atoms with Crippen LogP contribution in [0.4, 0.5) is 0 Å². The molecule has 3 aromatic heterocycles. The molecular formula is C28H24N6O3. The van der Waals surface area contributed by atoms with Crippen molar-refractivity contribution in [1.82, 2.24) is 30.2 Å². The Bertz CT molecular complexity index is 1560. The maximum Gasteiger partial charge on any atom is 0.255 e. The largest absolute Gasteiger partial charge is 0.496 e. The van der Waals surface area contributed by atoms with E-state index in [4.69, 9.17) is 14.2 Å². The van der Waals surface area contributed by atoms with E-state index in [2.05, 4.69) is 20.6 Å². The molecule has 3 heterocycles. The number of ether oxygens (including phenoxy) is 1. The van der Waals surface area contributed by atoms with Crippen molar-refractivity contribution in [2.24, 2.45) is 0 Å². The van der Waals surface area contributed by atoms with Gasteiger partial charge in [-0.05, 0) is 31.0 Å². The molecular weight excluding hydrogens is 468 g/mol. The first-order chi connectivity index (χ1) is 18.2. The Balaban J connectivity index is 1.24. The molecule has 0 radical (unpaired) electrons. The van der Waals surface area contributed by atoms with Crippen molar-refractivity contribution in [3.05, 3.63) is 96.1 Å². The molecule has 2 aromatic carbocycles. The van der Waals surface area contributed by atoms with Gasteiger partial charge in [-0.1, -0.05) is 47.6 Å². The highest BCUT2D eigenvalue weighted by Gasteiger charge is 2.33. The smallest absolute Gasteiger partial charge is 0.255 e. The van der Waals surface area contributed by atoms with Gasteiger partial charge in [0.1, 0.15) is 11.4 Å². The Morgan fingerprint density at radius 1 is 1.11 bits per heavy atom. The summed E-state index contributed by atoms with van der Waals surface area (Å²) in [5.41, 5.74) is 4.47. The summed E-state index contributed by atoms with van der Waals surface area (Å²) >= 11 is 0. The van der Waals surface area contributed by atoms with E-state index >= 15 is 0 Å². The highest BCUT2D eigenvalue weighted by Crippen LogP contribution is 2.42. The number of para-hydroxylation sites is 1. The number of hydrogen-bond acceptors (Lipinski definition) is 7. The Labute approximate surface area is 213 Å². The van der Waals surface area contributed by atoms with E-state index in [9.17, 15) is 4.79 Å². The van der Waals surface area contributed by atoms with Crippen LogP contribution in [-0.4, -0.2) is 37.9 Å². The fraction of sp³-hybridized carbons (Fsp3) is 0.179. The summed E-state index contributed by atoms with van der Waals surface area (Å²) < 4.78 is 12.6. The summed E-state index contributed by atoms with van der Waals surface area (Å²) in [7, 11) is 1.63. The lowest BCUT2D eigenvalue weighted by atomic mass is 10.1. The van der Waals surface area contributed by atoms with Gasteiger partial charge < -0.3 is 14.6 Å². The molecule has 0 unspecified atom stereocenters. The van der Waals surface area contributed by atoms with Gasteiger partial charge in [-0.3, -0.25) is 4.79 Å². The van der Waals surface area contributed by atoms with E-state index in [-0.39, 0.29) is 18.4 Å². The van der Waals surface area contributed by atoms with Crippen LogP contribution in [0.25, 0.3) is 28.5 Å². The number of carbonyl (C=O) groups excluding carboxylic acids is 1. The normalized spacial score (nSPS) is 12.9. The Hall–Kier alpha value is -4.79. The van der Waals surface area contributed by atoms with Crippen LogP contribution >= 0.6 is 0 Å². The lowest BCUT2D eigenvalue weighted by Crippen LogP contribution is -2.24. The van der Waals surface area contributed by atoms with Crippen LogP contribution in [0.2, 0.25) is 0 Å². The molecule has 1 saturated carbocycles. The minimum atomic E-state index is -0.224. The van der Waals surface area contributed by atoms with Gasteiger partial charge in [0.05, 0.1) is 36.8 Å². The van der Waals surface area contributed by atoms with Crippen LogP contribution in [0.5, 0.6) is 5.75 Å². The quantitative estimate of drug-likeness (QED) is 0.331. The lowest BCUT2D eigenvalue weighted by molar-refractivity contribution is 0.0949. The molecule has 9 nitrogen and oxygen atoms in total. The van der Waals surface area contributed by atoms with Crippen LogP contribution < -0.4 is 10.1 Å². The molecule has 0 atom stereocenters. The minimum absolute atomic E-state index is 0.224. The molecule has 184 valence electrons. The van der Waals surface area contributed by atoms with Gasteiger partial charge in [-0.25, -0.2) is 14.6 Å². The molecule has 5 aromatic rings. The van der Waals surface area contributed by atoms with Crippen LogP contribution in [0.3, 0.4) is 0 Å². The van der Waals surface area contributed by atoms with Gasteiger partial charge in [-0.2, -0.15) is 5.10 Å². The third-order valence-corrected chi connectivity index (χ3v) is 6.28. The first-order valence-electron chi connectivity index (χ1n) is 12.0. The molecule has 9 heteroatoms. The zero-order chi connectivity index (χ0) is 25.2. The highest BCUT2D eigenvalue weighted by molar-refractivity contribution is 5.95. The molecule has 1 fully saturated rings. The van der Waals surface area contributed by atoms with E-state index < -0.39 is 0 Å². The standard InChI is InChI=1S/C28H24N6O3/c1-36-24-10-6-5-9-21(24)23-13-14-29-28(32-23)34-26(19-11-12-19)22(17-31-34)27(35)30-16-20-15-25(37-33-20)18-7-3-2-4-8-18/h2-10,13-15,17,19H,11-12,16H2,1H3,(H,30,35). The molecule has 6 rings (SSSR count). The number of aromatic nitrogens is 5. The SMILES string of the molecule is COc1ccccc1-c1ccnc(-n2ncc(C(=O)NCc3cc(-c4ccccc4)on3)c2C2CC2)n1. The van der Waals surface area contributed by atoms with E-state index in [0.717, 1.165) is 35.4 Å². The highest BCUT2D eigenvalue weighted by atomic mass is 16.5. The third kappa shape index (κ3) is 4.58. The zero-order valence-corrected chi connectivity index (χ0v) is 20.2. The molecule has 0 bridgehead atoms. The van der Waals surface area contributed by atoms with E-state index in [0.29, 0.717) is 28.7 Å². The zero-order valence-electron chi connectivity index (χ0n) is 20.2. The Morgan fingerprint density at radius 2 is 1.92 bits per heavy atom. The van der Waals surface area contributed by atoms with Crippen LogP contribution in [-0.2, 0) is 6.54 Å². The van der Waals surface area contributed by atoms with Gasteiger partial charge in [0.15, 0.2) is 5.76 Å². The van der Waals surface area contributed by atoms with Gasteiger partial charge >= 0.3 is 0 Å². The third-order valence-electron chi connectivity index (χ3n) is 6.28. The second kappa shape index (κ2) is 9.69. The number of methoxy groups -OCH3 is 1. The number of benzene rings is 2. The second-order valence-corrected chi connectivity index (χ2v) is 8.80. The maximum atomic E-state index is 13.2. The van der Waals surface area contributed by atoms with Crippen LogP contribution in [0.15, 0.2) is 83.6 Å². The Kier molecular flexibility index (Phi) is 5.94. The summed E-state index contributed by atoms with van der Waals surface area (Å²) in [6.07, 6.45) is 5.25. The van der Waals surface area contributed by atoms with Gasteiger partial charge in [-0.15, -0.1) is 0 Å². The predicted molar refractivity (Wildman–Crippen MR) is 136 cm³/mol. The van der Waals surface area contributed by atoms with E-state index in [1.807, 2.05) is 66.7 Å². The second-order valence-electron chi connectivity index (χ2n) is 8.80. The summed E-state index contributed by atoms with van der Waals surface area (Å²) in [5.74, 6) is 1.80. The van der Waals surface area contributed by atoms with Crippen molar-refractivity contribution in [2.75, 3.05) is 7.11 Å². The molecule has 37 heavy (non-hydrogen) atoms. The summed E-state index contributed by atoms with van der Waals surface area (Å²) in [6.45, 7) is 0.240. The number of nitrogens with zero attached hydrogens (tertiary/aromatic N) is 5. The lowest BCUT2D eigenvalue weighted by Gasteiger charge is -2.10. The van der Waals surface area contributed by atoms with Crippen molar-refractivity contribution >= 4 is 5.91 Å². The van der Waals surface area contributed by atoms with Gasteiger partial charge in [0, 0.05) is 29.3 Å². The molecule has 0 saturated heterocycles. The van der Waals surface area contributed by atoms with Crippen molar-refractivity contribution in [2.45, 2.75) is 25.3 Å². The first kappa shape index (κ1) is 22.7. The minimum Gasteiger partial charge on any atom is -0.496 e. The maximum absolute atomic E-state index is 13.2. The Morgan fingerprint density at radius 3 is 2.73 bits per heavy atom. The number of amides is 1. The average molecular weight is 493 g/mol. The van der Waals surface area contributed by atoms with E-state index in [1.165, 1.54) is 0 Å². The molecule has 0 aliphatic heterocycles. The fourth-order valence-corrected chi connectivity index (χ4v) is 4.30.